The number of fused-ring (bicyclic) bond motifs is 1. The Hall–Kier alpha value is -2.42. The Labute approximate surface area is 194 Å². The first-order chi connectivity index (χ1) is 15.0. The monoisotopic (exact) mass is 476 g/mol. The topological polar surface area (TPSA) is 95.4 Å². The molecule has 0 bridgehead atoms. The van der Waals surface area contributed by atoms with Gasteiger partial charge >= 0.3 is 0 Å². The molecular formula is C23H29ClN4O3S. The summed E-state index contributed by atoms with van der Waals surface area (Å²) in [4.78, 5) is 11.3. The van der Waals surface area contributed by atoms with E-state index in [-0.39, 0.29) is 17.7 Å². The molecular weight excluding hydrogens is 448 g/mol. The first kappa shape index (κ1) is 24.2. The molecule has 2 aromatic carbocycles. The van der Waals surface area contributed by atoms with Crippen LogP contribution >= 0.6 is 11.6 Å². The van der Waals surface area contributed by atoms with E-state index in [1.807, 2.05) is 19.9 Å². The highest BCUT2D eigenvalue weighted by Crippen LogP contribution is 2.28. The molecule has 0 spiro atoms. The number of halogens is 1. The van der Waals surface area contributed by atoms with Crippen molar-refractivity contribution in [3.63, 3.8) is 0 Å². The van der Waals surface area contributed by atoms with Crippen LogP contribution in [0.4, 0.5) is 11.8 Å². The SMILES string of the molecule is CC(O)C(C)(C)CNc1nc(N(C)CCS(=O)(=O)c2ccccc2)nc2ccc(Cl)cc12. The Balaban J connectivity index is 1.87. The number of nitrogens with one attached hydrogen (secondary N) is 1. The molecule has 0 aliphatic heterocycles. The van der Waals surface area contributed by atoms with Crippen LogP contribution < -0.4 is 10.2 Å². The van der Waals surface area contributed by atoms with Crippen molar-refractivity contribution < 1.29 is 13.5 Å². The zero-order valence-electron chi connectivity index (χ0n) is 18.7. The zero-order valence-corrected chi connectivity index (χ0v) is 20.3. The number of nitrogens with zero attached hydrogens (tertiary/aromatic N) is 3. The van der Waals surface area contributed by atoms with Gasteiger partial charge < -0.3 is 15.3 Å². The highest BCUT2D eigenvalue weighted by Gasteiger charge is 2.25. The van der Waals surface area contributed by atoms with Gasteiger partial charge in [0.1, 0.15) is 5.82 Å². The van der Waals surface area contributed by atoms with Crippen molar-refractivity contribution in [3.05, 3.63) is 53.6 Å². The molecule has 1 heterocycles. The lowest BCUT2D eigenvalue weighted by atomic mass is 9.87. The molecule has 1 atom stereocenters. The number of aliphatic hydroxyl groups excluding tert-OH is 1. The van der Waals surface area contributed by atoms with E-state index in [9.17, 15) is 13.5 Å². The van der Waals surface area contributed by atoms with Crippen molar-refractivity contribution in [3.8, 4) is 0 Å². The summed E-state index contributed by atoms with van der Waals surface area (Å²) in [5.41, 5.74) is 0.306. The van der Waals surface area contributed by atoms with Crippen molar-refractivity contribution in [1.29, 1.82) is 0 Å². The summed E-state index contributed by atoms with van der Waals surface area (Å²) < 4.78 is 25.3. The molecule has 3 aromatic rings. The van der Waals surface area contributed by atoms with Gasteiger partial charge in [-0.3, -0.25) is 0 Å². The summed E-state index contributed by atoms with van der Waals surface area (Å²) in [7, 11) is -1.65. The van der Waals surface area contributed by atoms with Gasteiger partial charge in [0, 0.05) is 36.0 Å². The second-order valence-electron chi connectivity index (χ2n) is 8.61. The van der Waals surface area contributed by atoms with Crippen molar-refractivity contribution in [2.45, 2.75) is 31.8 Å². The summed E-state index contributed by atoms with van der Waals surface area (Å²) in [5, 5.41) is 14.7. The standard InChI is InChI=1S/C23H29ClN4O3S/c1-16(29)23(2,3)15-25-21-19-14-17(24)10-11-20(19)26-22(27-21)28(4)12-13-32(30,31)18-8-6-5-7-9-18/h5-11,14,16,29H,12-13,15H2,1-4H3,(H,25,26,27). The van der Waals surface area contributed by atoms with E-state index in [0.29, 0.717) is 33.7 Å². The van der Waals surface area contributed by atoms with Crippen LogP contribution in [0.3, 0.4) is 0 Å². The summed E-state index contributed by atoms with van der Waals surface area (Å²) in [5.74, 6) is 0.923. The van der Waals surface area contributed by atoms with Crippen molar-refractivity contribution >= 4 is 44.1 Å². The number of hydrogen-bond acceptors (Lipinski definition) is 7. The van der Waals surface area contributed by atoms with Crippen molar-refractivity contribution in [2.75, 3.05) is 36.1 Å². The summed E-state index contributed by atoms with van der Waals surface area (Å²) >= 11 is 6.19. The molecule has 0 aliphatic rings. The highest BCUT2D eigenvalue weighted by molar-refractivity contribution is 7.91. The largest absolute Gasteiger partial charge is 0.393 e. The third kappa shape index (κ3) is 5.68. The van der Waals surface area contributed by atoms with Gasteiger partial charge in [-0.2, -0.15) is 4.98 Å². The maximum absolute atomic E-state index is 12.6. The number of sulfone groups is 1. The maximum atomic E-state index is 12.6. The quantitative estimate of drug-likeness (QED) is 0.481. The maximum Gasteiger partial charge on any atom is 0.227 e. The first-order valence-electron chi connectivity index (χ1n) is 10.4. The fourth-order valence-corrected chi connectivity index (χ4v) is 4.45. The van der Waals surface area contributed by atoms with E-state index in [1.54, 1.807) is 61.3 Å². The lowest BCUT2D eigenvalue weighted by Gasteiger charge is -2.29. The second kappa shape index (κ2) is 9.60. The molecule has 0 aliphatic carbocycles. The van der Waals surface area contributed by atoms with Crippen LogP contribution in [0.5, 0.6) is 0 Å². The molecule has 7 nitrogen and oxygen atoms in total. The van der Waals surface area contributed by atoms with E-state index in [1.165, 1.54) is 0 Å². The molecule has 3 rings (SSSR count). The fraction of sp³-hybridized carbons (Fsp3) is 0.391. The third-order valence-electron chi connectivity index (χ3n) is 5.63. The lowest BCUT2D eigenvalue weighted by Crippen LogP contribution is -2.34. The number of rotatable bonds is 9. The van der Waals surface area contributed by atoms with Crippen LogP contribution in [0.25, 0.3) is 10.9 Å². The van der Waals surface area contributed by atoms with Crippen LogP contribution in [0.1, 0.15) is 20.8 Å². The van der Waals surface area contributed by atoms with Gasteiger partial charge in [0.25, 0.3) is 0 Å². The van der Waals surface area contributed by atoms with Crippen LogP contribution in [0, 0.1) is 5.41 Å². The molecule has 32 heavy (non-hydrogen) atoms. The lowest BCUT2D eigenvalue weighted by molar-refractivity contribution is 0.0756. The minimum atomic E-state index is -3.42. The van der Waals surface area contributed by atoms with Gasteiger partial charge in [-0.15, -0.1) is 0 Å². The normalized spacial score (nSPS) is 13.2. The summed E-state index contributed by atoms with van der Waals surface area (Å²) in [6, 6.07) is 13.7. The van der Waals surface area contributed by atoms with Crippen LogP contribution in [-0.4, -0.2) is 55.5 Å². The first-order valence-corrected chi connectivity index (χ1v) is 12.4. The Kier molecular flexibility index (Phi) is 7.27. The Morgan fingerprint density at radius 3 is 2.50 bits per heavy atom. The number of benzene rings is 2. The Morgan fingerprint density at radius 1 is 1.16 bits per heavy atom. The average Bonchev–Trinajstić information content (AvgIpc) is 2.76. The number of aromatic nitrogens is 2. The minimum absolute atomic E-state index is 0.0622. The molecule has 2 N–H and O–H groups in total. The molecule has 0 saturated heterocycles. The molecule has 172 valence electrons. The molecule has 1 aromatic heterocycles. The van der Waals surface area contributed by atoms with Gasteiger partial charge in [-0.05, 0) is 37.3 Å². The summed E-state index contributed by atoms with van der Waals surface area (Å²) in [6.07, 6.45) is -0.517. The van der Waals surface area contributed by atoms with Crippen LogP contribution in [0.15, 0.2) is 53.4 Å². The van der Waals surface area contributed by atoms with E-state index in [4.69, 9.17) is 11.6 Å². The molecule has 1 unspecified atom stereocenters. The van der Waals surface area contributed by atoms with E-state index in [2.05, 4.69) is 15.3 Å². The fourth-order valence-electron chi connectivity index (χ4n) is 2.96. The van der Waals surface area contributed by atoms with Gasteiger partial charge in [-0.1, -0.05) is 43.6 Å². The smallest absolute Gasteiger partial charge is 0.227 e. The van der Waals surface area contributed by atoms with Gasteiger partial charge in [0.05, 0.1) is 22.3 Å². The molecule has 0 fully saturated rings. The molecule has 0 radical (unpaired) electrons. The second-order valence-corrected chi connectivity index (χ2v) is 11.2. The van der Waals surface area contributed by atoms with E-state index in [0.717, 1.165) is 5.39 Å². The molecule has 9 heteroatoms. The highest BCUT2D eigenvalue weighted by atomic mass is 35.5. The predicted molar refractivity (Wildman–Crippen MR) is 130 cm³/mol. The van der Waals surface area contributed by atoms with Crippen molar-refractivity contribution in [2.24, 2.45) is 5.41 Å². The average molecular weight is 477 g/mol. The predicted octanol–water partition coefficient (Wildman–Crippen LogP) is 4.01. The number of hydrogen-bond donors (Lipinski definition) is 2. The van der Waals surface area contributed by atoms with Gasteiger partial charge in [0.2, 0.25) is 5.95 Å². The van der Waals surface area contributed by atoms with E-state index >= 15 is 0 Å². The molecule has 0 saturated carbocycles. The number of aliphatic hydroxyl groups is 1. The third-order valence-corrected chi connectivity index (χ3v) is 7.57. The van der Waals surface area contributed by atoms with Gasteiger partial charge in [-0.25, -0.2) is 13.4 Å². The molecule has 0 amide bonds. The van der Waals surface area contributed by atoms with Gasteiger partial charge in [0.15, 0.2) is 9.84 Å². The van der Waals surface area contributed by atoms with Crippen molar-refractivity contribution in [1.82, 2.24) is 9.97 Å². The van der Waals surface area contributed by atoms with Crippen LogP contribution in [0.2, 0.25) is 5.02 Å². The minimum Gasteiger partial charge on any atom is -0.393 e. The Bertz CT molecular complexity index is 1180. The van der Waals surface area contributed by atoms with Crippen LogP contribution in [-0.2, 0) is 9.84 Å². The number of anilines is 2. The zero-order chi connectivity index (χ0) is 23.5. The summed E-state index contributed by atoms with van der Waals surface area (Å²) in [6.45, 7) is 6.39. The Morgan fingerprint density at radius 2 is 1.84 bits per heavy atom. The van der Waals surface area contributed by atoms with E-state index < -0.39 is 15.9 Å².